The van der Waals surface area contributed by atoms with E-state index in [-0.39, 0.29) is 12.1 Å². The van der Waals surface area contributed by atoms with Gasteiger partial charge in [-0.25, -0.2) is 9.69 Å². The van der Waals surface area contributed by atoms with Crippen molar-refractivity contribution in [3.63, 3.8) is 0 Å². The molecule has 1 heterocycles. The van der Waals surface area contributed by atoms with E-state index < -0.39 is 17.8 Å². The minimum absolute atomic E-state index is 0.160. The summed E-state index contributed by atoms with van der Waals surface area (Å²) in [5.41, 5.74) is 0.0633. The molecule has 27 heavy (non-hydrogen) atoms. The molecule has 0 radical (unpaired) electrons. The number of carbonyl (C=O) groups is 2. The fourth-order valence-corrected chi connectivity index (χ4v) is 2.68. The van der Waals surface area contributed by atoms with Gasteiger partial charge in [0.2, 0.25) is 6.41 Å². The third-order valence-corrected chi connectivity index (χ3v) is 4.08. The predicted octanol–water partition coefficient (Wildman–Crippen LogP) is 3.73. The number of nitrogens with zero attached hydrogens (tertiary/aromatic N) is 2. The maximum absolute atomic E-state index is 12.8. The smallest absolute Gasteiger partial charge is 0.416 e. The van der Waals surface area contributed by atoms with Gasteiger partial charge in [-0.05, 0) is 30.3 Å². The second-order valence-corrected chi connectivity index (χ2v) is 5.91. The monoisotopic (exact) mass is 379 g/mol. The van der Waals surface area contributed by atoms with Crippen molar-refractivity contribution in [3.05, 3.63) is 48.0 Å². The summed E-state index contributed by atoms with van der Waals surface area (Å²) in [6, 6.07) is 8.06. The van der Waals surface area contributed by atoms with E-state index in [9.17, 15) is 22.8 Å². The Hall–Kier alpha value is -3.23. The number of alkyl halides is 3. The van der Waals surface area contributed by atoms with Crippen LogP contribution in [0.1, 0.15) is 5.56 Å². The molecule has 0 aliphatic carbocycles. The van der Waals surface area contributed by atoms with Crippen LogP contribution in [0.3, 0.4) is 0 Å². The van der Waals surface area contributed by atoms with Gasteiger partial charge in [0, 0.05) is 18.8 Å². The highest BCUT2D eigenvalue weighted by molar-refractivity contribution is 6.12. The van der Waals surface area contributed by atoms with Crippen LogP contribution in [-0.4, -0.2) is 32.6 Å². The van der Waals surface area contributed by atoms with Gasteiger partial charge < -0.3 is 15.0 Å². The Kier molecular flexibility index (Phi) is 4.93. The molecule has 1 aliphatic heterocycles. The number of anilines is 3. The molecule has 2 aromatic rings. The van der Waals surface area contributed by atoms with Crippen molar-refractivity contribution in [1.82, 2.24) is 0 Å². The summed E-state index contributed by atoms with van der Waals surface area (Å²) in [7, 11) is 1.90. The summed E-state index contributed by atoms with van der Waals surface area (Å²) >= 11 is 0. The van der Waals surface area contributed by atoms with E-state index in [2.05, 4.69) is 5.32 Å². The second-order valence-electron chi connectivity index (χ2n) is 5.91. The molecule has 6 nitrogen and oxygen atoms in total. The van der Waals surface area contributed by atoms with Crippen molar-refractivity contribution in [1.29, 1.82) is 0 Å². The number of amides is 3. The molecule has 142 valence electrons. The average molecular weight is 379 g/mol. The Morgan fingerprint density at radius 1 is 1.26 bits per heavy atom. The first kappa shape index (κ1) is 18.6. The number of urea groups is 1. The minimum atomic E-state index is -4.58. The van der Waals surface area contributed by atoms with Crippen LogP contribution in [0.4, 0.5) is 35.0 Å². The number of likely N-dealkylation sites (N-methyl/N-ethyl adjacent to an activating group) is 1. The summed E-state index contributed by atoms with van der Waals surface area (Å²) < 4.78 is 44.1. The molecule has 0 fully saturated rings. The fraction of sp³-hybridized carbons (Fsp3) is 0.222. The zero-order chi connectivity index (χ0) is 19.6. The third kappa shape index (κ3) is 3.97. The largest absolute Gasteiger partial charge is 0.489 e. The van der Waals surface area contributed by atoms with Crippen LogP contribution in [0.15, 0.2) is 42.5 Å². The van der Waals surface area contributed by atoms with Gasteiger partial charge in [0.25, 0.3) is 0 Å². The Balaban J connectivity index is 1.81. The van der Waals surface area contributed by atoms with Gasteiger partial charge in [-0.3, -0.25) is 4.79 Å². The van der Waals surface area contributed by atoms with Gasteiger partial charge >= 0.3 is 12.2 Å². The molecule has 0 unspecified atom stereocenters. The zero-order valence-corrected chi connectivity index (χ0v) is 14.3. The normalized spacial score (nSPS) is 13.4. The Morgan fingerprint density at radius 3 is 2.74 bits per heavy atom. The number of carbonyl (C=O) groups excluding carboxylic acids is 2. The summed E-state index contributed by atoms with van der Waals surface area (Å²) in [6.07, 6.45) is -4.42. The first-order valence-electron chi connectivity index (χ1n) is 8.00. The van der Waals surface area contributed by atoms with E-state index in [1.165, 1.54) is 6.07 Å². The molecule has 3 rings (SSSR count). The highest BCUT2D eigenvalue weighted by atomic mass is 19.4. The maximum Gasteiger partial charge on any atom is 0.416 e. The van der Waals surface area contributed by atoms with Gasteiger partial charge in [-0.2, -0.15) is 13.2 Å². The highest BCUT2D eigenvalue weighted by Crippen LogP contribution is 2.34. The van der Waals surface area contributed by atoms with Crippen LogP contribution in [0, 0.1) is 0 Å². The second kappa shape index (κ2) is 7.18. The van der Waals surface area contributed by atoms with E-state index >= 15 is 0 Å². The van der Waals surface area contributed by atoms with E-state index in [0.29, 0.717) is 22.9 Å². The van der Waals surface area contributed by atoms with Crippen molar-refractivity contribution < 1.29 is 27.5 Å². The standard InChI is InChI=1S/C18H16F3N3O3/c1-23-7-8-27-16-10-13(5-6-15(16)23)22-17(26)24(11-25)14-4-2-3-12(9-14)18(19,20)21/h2-6,9-11H,7-8H2,1H3,(H,22,26). The Morgan fingerprint density at radius 2 is 2.04 bits per heavy atom. The molecular formula is C18H16F3N3O3. The molecule has 0 saturated heterocycles. The van der Waals surface area contributed by atoms with Crippen molar-refractivity contribution in [2.75, 3.05) is 35.3 Å². The number of hydrogen-bond acceptors (Lipinski definition) is 4. The highest BCUT2D eigenvalue weighted by Gasteiger charge is 2.31. The lowest BCUT2D eigenvalue weighted by molar-refractivity contribution is -0.137. The first-order chi connectivity index (χ1) is 12.8. The van der Waals surface area contributed by atoms with Crippen LogP contribution in [0.5, 0.6) is 5.75 Å². The van der Waals surface area contributed by atoms with Crippen molar-refractivity contribution >= 4 is 29.5 Å². The molecule has 1 aliphatic rings. The van der Waals surface area contributed by atoms with Crippen LogP contribution < -0.4 is 19.9 Å². The fourth-order valence-electron chi connectivity index (χ4n) is 2.68. The number of nitrogens with one attached hydrogen (secondary N) is 1. The van der Waals surface area contributed by atoms with Gasteiger partial charge in [0.15, 0.2) is 0 Å². The number of rotatable bonds is 3. The van der Waals surface area contributed by atoms with Crippen molar-refractivity contribution in [3.8, 4) is 5.75 Å². The maximum atomic E-state index is 12.8. The predicted molar refractivity (Wildman–Crippen MR) is 94.2 cm³/mol. The van der Waals surface area contributed by atoms with Crippen LogP contribution in [0.2, 0.25) is 0 Å². The molecule has 9 heteroatoms. The van der Waals surface area contributed by atoms with Crippen molar-refractivity contribution in [2.45, 2.75) is 6.18 Å². The van der Waals surface area contributed by atoms with Gasteiger partial charge in [-0.1, -0.05) is 6.07 Å². The quantitative estimate of drug-likeness (QED) is 0.826. The van der Waals surface area contributed by atoms with E-state index in [1.807, 2.05) is 11.9 Å². The summed E-state index contributed by atoms with van der Waals surface area (Å²) in [6.45, 7) is 1.22. The number of ether oxygens (including phenoxy) is 1. The van der Waals surface area contributed by atoms with E-state index in [0.717, 1.165) is 30.4 Å². The summed E-state index contributed by atoms with van der Waals surface area (Å²) in [4.78, 5) is 26.3. The lowest BCUT2D eigenvalue weighted by atomic mass is 10.2. The molecule has 0 atom stereocenters. The number of hydrogen-bond donors (Lipinski definition) is 1. The SMILES string of the molecule is CN1CCOc2cc(NC(=O)N(C=O)c3cccc(C(F)(F)F)c3)ccc21. The number of imide groups is 1. The number of fused-ring (bicyclic) bond motifs is 1. The average Bonchev–Trinajstić information content (AvgIpc) is 2.62. The number of benzene rings is 2. The molecule has 0 spiro atoms. The Labute approximate surface area is 153 Å². The molecule has 0 bridgehead atoms. The molecular weight excluding hydrogens is 363 g/mol. The van der Waals surface area contributed by atoms with Gasteiger partial charge in [-0.15, -0.1) is 0 Å². The van der Waals surface area contributed by atoms with E-state index in [4.69, 9.17) is 4.74 Å². The summed E-state index contributed by atoms with van der Waals surface area (Å²) in [5, 5.41) is 2.49. The van der Waals surface area contributed by atoms with Crippen LogP contribution in [0.25, 0.3) is 0 Å². The molecule has 0 saturated carbocycles. The lowest BCUT2D eigenvalue weighted by Gasteiger charge is -2.28. The van der Waals surface area contributed by atoms with Gasteiger partial charge in [0.05, 0.1) is 23.5 Å². The third-order valence-electron chi connectivity index (χ3n) is 4.08. The molecule has 1 N–H and O–H groups in total. The molecule has 3 amide bonds. The van der Waals surface area contributed by atoms with Gasteiger partial charge in [0.1, 0.15) is 12.4 Å². The summed E-state index contributed by atoms with van der Waals surface area (Å²) in [5.74, 6) is 0.568. The molecule has 0 aromatic heterocycles. The van der Waals surface area contributed by atoms with Crippen LogP contribution >= 0.6 is 0 Å². The van der Waals surface area contributed by atoms with E-state index in [1.54, 1.807) is 18.2 Å². The zero-order valence-electron chi connectivity index (χ0n) is 14.3. The number of halogens is 3. The Bertz CT molecular complexity index is 870. The minimum Gasteiger partial charge on any atom is -0.489 e. The van der Waals surface area contributed by atoms with Crippen LogP contribution in [-0.2, 0) is 11.0 Å². The molecule has 2 aromatic carbocycles. The first-order valence-corrected chi connectivity index (χ1v) is 8.00. The van der Waals surface area contributed by atoms with Crippen molar-refractivity contribution in [2.24, 2.45) is 0 Å². The lowest BCUT2D eigenvalue weighted by Crippen LogP contribution is -2.34. The topological polar surface area (TPSA) is 61.9 Å².